The molecule has 0 N–H and O–H groups in total. The zero-order valence-corrected chi connectivity index (χ0v) is 9.87. The lowest BCUT2D eigenvalue weighted by atomic mass is 10.2. The van der Waals surface area contributed by atoms with E-state index in [9.17, 15) is 18.0 Å². The zero-order valence-electron chi connectivity index (χ0n) is 9.05. The van der Waals surface area contributed by atoms with Crippen LogP contribution in [0.25, 0.3) is 0 Å². The lowest BCUT2D eigenvalue weighted by Crippen LogP contribution is -2.40. The van der Waals surface area contributed by atoms with Gasteiger partial charge in [0.1, 0.15) is 6.54 Å². The van der Waals surface area contributed by atoms with Crippen molar-refractivity contribution in [2.24, 2.45) is 0 Å². The first-order valence-corrected chi connectivity index (χ1v) is 7.08. The molecule has 2 fully saturated rings. The van der Waals surface area contributed by atoms with Crippen LogP contribution in [0.4, 0.5) is 4.79 Å². The van der Waals surface area contributed by atoms with Crippen molar-refractivity contribution in [2.45, 2.75) is 19.4 Å². The van der Waals surface area contributed by atoms with Crippen LogP contribution < -0.4 is 0 Å². The largest absolute Gasteiger partial charge is 0.327 e. The van der Waals surface area contributed by atoms with Gasteiger partial charge in [-0.05, 0) is 13.3 Å². The zero-order chi connectivity index (χ0) is 11.9. The molecule has 0 bridgehead atoms. The van der Waals surface area contributed by atoms with E-state index in [0.29, 0.717) is 13.0 Å². The van der Waals surface area contributed by atoms with Crippen LogP contribution in [0, 0.1) is 0 Å². The Morgan fingerprint density at radius 2 is 2.06 bits per heavy atom. The molecule has 0 saturated carbocycles. The number of hydrogen-bond acceptors (Lipinski definition) is 4. The fourth-order valence-corrected chi connectivity index (χ4v) is 3.91. The van der Waals surface area contributed by atoms with Gasteiger partial charge in [0, 0.05) is 12.6 Å². The lowest BCUT2D eigenvalue weighted by molar-refractivity contribution is -0.125. The van der Waals surface area contributed by atoms with Gasteiger partial charge in [-0.25, -0.2) is 13.2 Å². The average Bonchev–Trinajstić information content (AvgIpc) is 2.68. The number of nitrogens with zero attached hydrogens (tertiary/aromatic N) is 2. The predicted octanol–water partition coefficient (Wildman–Crippen LogP) is -0.542. The van der Waals surface area contributed by atoms with Gasteiger partial charge in [-0.3, -0.25) is 9.69 Å². The summed E-state index contributed by atoms with van der Waals surface area (Å²) >= 11 is 0. The SMILES string of the molecule is CCN1C(=O)CN(C2CCS(=O)(=O)C2)C1=O. The summed E-state index contributed by atoms with van der Waals surface area (Å²) in [6.07, 6.45) is 0.443. The van der Waals surface area contributed by atoms with Gasteiger partial charge in [0.2, 0.25) is 5.91 Å². The van der Waals surface area contributed by atoms with Crippen LogP contribution in [-0.4, -0.2) is 60.8 Å². The highest BCUT2D eigenvalue weighted by Crippen LogP contribution is 2.22. The van der Waals surface area contributed by atoms with Crippen LogP contribution in [0.3, 0.4) is 0 Å². The van der Waals surface area contributed by atoms with E-state index in [2.05, 4.69) is 0 Å². The highest BCUT2D eigenvalue weighted by Gasteiger charge is 2.42. The number of sulfone groups is 1. The first kappa shape index (κ1) is 11.4. The van der Waals surface area contributed by atoms with E-state index >= 15 is 0 Å². The normalized spacial score (nSPS) is 29.2. The van der Waals surface area contributed by atoms with Crippen LogP contribution in [-0.2, 0) is 14.6 Å². The molecule has 0 aromatic carbocycles. The summed E-state index contributed by atoms with van der Waals surface area (Å²) in [6.45, 7) is 2.09. The van der Waals surface area contributed by atoms with Crippen LogP contribution in [0.1, 0.15) is 13.3 Å². The summed E-state index contributed by atoms with van der Waals surface area (Å²) in [4.78, 5) is 25.8. The molecule has 16 heavy (non-hydrogen) atoms. The second-order valence-corrected chi connectivity index (χ2v) is 6.33. The number of imide groups is 1. The van der Waals surface area contributed by atoms with Crippen molar-refractivity contribution in [3.8, 4) is 0 Å². The molecule has 0 aromatic heterocycles. The van der Waals surface area contributed by atoms with Crippen molar-refractivity contribution in [2.75, 3.05) is 24.6 Å². The van der Waals surface area contributed by atoms with E-state index < -0.39 is 9.84 Å². The minimum Gasteiger partial charge on any atom is -0.311 e. The van der Waals surface area contributed by atoms with Gasteiger partial charge in [-0.15, -0.1) is 0 Å². The summed E-state index contributed by atoms with van der Waals surface area (Å²) in [5.74, 6) is -0.137. The van der Waals surface area contributed by atoms with E-state index in [0.717, 1.165) is 4.90 Å². The molecule has 1 unspecified atom stereocenters. The van der Waals surface area contributed by atoms with Crippen molar-refractivity contribution >= 4 is 21.8 Å². The van der Waals surface area contributed by atoms with Gasteiger partial charge >= 0.3 is 6.03 Å². The number of amides is 3. The van der Waals surface area contributed by atoms with E-state index in [4.69, 9.17) is 0 Å². The molecule has 2 aliphatic heterocycles. The van der Waals surface area contributed by atoms with Crippen LogP contribution in [0.5, 0.6) is 0 Å². The Kier molecular flexibility index (Phi) is 2.65. The van der Waals surface area contributed by atoms with Crippen molar-refractivity contribution in [1.82, 2.24) is 9.80 Å². The Labute approximate surface area is 94.1 Å². The van der Waals surface area contributed by atoms with E-state index in [1.807, 2.05) is 0 Å². The Bertz CT molecular complexity index is 431. The maximum Gasteiger partial charge on any atom is 0.327 e. The molecular formula is C9H14N2O4S. The van der Waals surface area contributed by atoms with Crippen molar-refractivity contribution in [3.63, 3.8) is 0 Å². The molecule has 1 atom stereocenters. The molecule has 0 aliphatic carbocycles. The lowest BCUT2D eigenvalue weighted by Gasteiger charge is -2.21. The second-order valence-electron chi connectivity index (χ2n) is 4.11. The Morgan fingerprint density at radius 1 is 1.38 bits per heavy atom. The van der Waals surface area contributed by atoms with Gasteiger partial charge < -0.3 is 4.90 Å². The van der Waals surface area contributed by atoms with E-state index in [1.54, 1.807) is 6.92 Å². The van der Waals surface area contributed by atoms with Crippen LogP contribution in [0.15, 0.2) is 0 Å². The minimum atomic E-state index is -3.02. The minimum absolute atomic E-state index is 0.0103. The molecule has 90 valence electrons. The topological polar surface area (TPSA) is 74.8 Å². The fraction of sp³-hybridized carbons (Fsp3) is 0.778. The number of hydrogen-bond donors (Lipinski definition) is 0. The number of rotatable bonds is 2. The number of carbonyl (C=O) groups excluding carboxylic acids is 2. The molecule has 3 amide bonds. The highest BCUT2D eigenvalue weighted by molar-refractivity contribution is 7.91. The van der Waals surface area contributed by atoms with E-state index in [-0.39, 0.29) is 36.0 Å². The smallest absolute Gasteiger partial charge is 0.311 e. The molecule has 2 rings (SSSR count). The number of urea groups is 1. The fourth-order valence-electron chi connectivity index (χ4n) is 2.18. The van der Waals surface area contributed by atoms with Crippen LogP contribution in [0.2, 0.25) is 0 Å². The van der Waals surface area contributed by atoms with Crippen molar-refractivity contribution < 1.29 is 18.0 Å². The quantitative estimate of drug-likeness (QED) is 0.613. The molecule has 7 heteroatoms. The van der Waals surface area contributed by atoms with Gasteiger partial charge in [-0.1, -0.05) is 0 Å². The molecule has 2 saturated heterocycles. The molecular weight excluding hydrogens is 232 g/mol. The molecule has 0 radical (unpaired) electrons. The summed E-state index contributed by atoms with van der Waals surface area (Å²) in [7, 11) is -3.02. The summed E-state index contributed by atoms with van der Waals surface area (Å²) < 4.78 is 22.6. The molecule has 6 nitrogen and oxygen atoms in total. The molecule has 2 heterocycles. The first-order valence-electron chi connectivity index (χ1n) is 5.26. The van der Waals surface area contributed by atoms with Gasteiger partial charge in [-0.2, -0.15) is 0 Å². The van der Waals surface area contributed by atoms with Gasteiger partial charge in [0.05, 0.1) is 11.5 Å². The maximum absolute atomic E-state index is 11.8. The second kappa shape index (κ2) is 3.73. The molecule has 0 aromatic rings. The Hall–Kier alpha value is -1.11. The standard InChI is InChI=1S/C9H14N2O4S/c1-2-10-8(12)5-11(9(10)13)7-3-4-16(14,15)6-7/h7H,2-6H2,1H3. The van der Waals surface area contributed by atoms with Crippen molar-refractivity contribution in [1.29, 1.82) is 0 Å². The van der Waals surface area contributed by atoms with Gasteiger partial charge in [0.15, 0.2) is 9.84 Å². The Balaban J connectivity index is 2.13. The maximum atomic E-state index is 11.8. The van der Waals surface area contributed by atoms with Crippen molar-refractivity contribution in [3.05, 3.63) is 0 Å². The average molecular weight is 246 g/mol. The summed E-state index contributed by atoms with van der Waals surface area (Å²) in [6, 6.07) is -0.674. The monoisotopic (exact) mass is 246 g/mol. The summed E-state index contributed by atoms with van der Waals surface area (Å²) in [5.41, 5.74) is 0. The summed E-state index contributed by atoms with van der Waals surface area (Å²) in [5, 5.41) is 0. The molecule has 0 spiro atoms. The van der Waals surface area contributed by atoms with E-state index in [1.165, 1.54) is 4.90 Å². The number of likely N-dealkylation sites (N-methyl/N-ethyl adjacent to an activating group) is 1. The first-order chi connectivity index (χ1) is 7.44. The van der Waals surface area contributed by atoms with Gasteiger partial charge in [0.25, 0.3) is 0 Å². The Morgan fingerprint density at radius 3 is 2.50 bits per heavy atom. The van der Waals surface area contributed by atoms with Crippen LogP contribution >= 0.6 is 0 Å². The molecule has 2 aliphatic rings. The third kappa shape index (κ3) is 1.79. The third-order valence-electron chi connectivity index (χ3n) is 3.05. The number of carbonyl (C=O) groups is 2. The predicted molar refractivity (Wildman–Crippen MR) is 56.5 cm³/mol. The highest BCUT2D eigenvalue weighted by atomic mass is 32.2. The third-order valence-corrected chi connectivity index (χ3v) is 4.80.